The Kier molecular flexibility index (Phi) is 5.16. The molecule has 4 nitrogen and oxygen atoms in total. The summed E-state index contributed by atoms with van der Waals surface area (Å²) in [5.41, 5.74) is 6.35. The fourth-order valence-corrected chi connectivity index (χ4v) is 1.95. The second-order valence-corrected chi connectivity index (χ2v) is 5.52. The van der Waals surface area contributed by atoms with Gasteiger partial charge in [-0.2, -0.15) is 0 Å². The number of halogens is 1. The van der Waals surface area contributed by atoms with Gasteiger partial charge >= 0.3 is 0 Å². The van der Waals surface area contributed by atoms with Gasteiger partial charge in [0.25, 0.3) is 5.91 Å². The van der Waals surface area contributed by atoms with Crippen molar-refractivity contribution in [3.63, 3.8) is 0 Å². The number of hydrogen-bond donors (Lipinski definition) is 2. The Hall–Kier alpha value is -1.07. The molecule has 100 valence electrons. The number of benzene rings is 1. The average molecular weight is 315 g/mol. The second kappa shape index (κ2) is 6.20. The van der Waals surface area contributed by atoms with Crippen LogP contribution in [-0.2, 0) is 4.74 Å². The van der Waals surface area contributed by atoms with Crippen LogP contribution < -0.4 is 11.1 Å². The van der Waals surface area contributed by atoms with Crippen LogP contribution in [0, 0.1) is 0 Å². The van der Waals surface area contributed by atoms with E-state index in [4.69, 9.17) is 10.5 Å². The molecule has 5 heteroatoms. The number of nitrogen functional groups attached to an aromatic ring is 1. The van der Waals surface area contributed by atoms with Gasteiger partial charge in [-0.3, -0.25) is 4.79 Å². The summed E-state index contributed by atoms with van der Waals surface area (Å²) < 4.78 is 6.36. The Labute approximate surface area is 116 Å². The van der Waals surface area contributed by atoms with Crippen LogP contribution in [0.1, 0.15) is 31.1 Å². The summed E-state index contributed by atoms with van der Waals surface area (Å²) in [6.45, 7) is 6.85. The predicted octanol–water partition coefficient (Wildman–Crippen LogP) is 2.58. The third-order valence-electron chi connectivity index (χ3n) is 2.47. The number of nitrogens with two attached hydrogens (primary N) is 1. The summed E-state index contributed by atoms with van der Waals surface area (Å²) in [5, 5.41) is 2.83. The molecule has 0 radical (unpaired) electrons. The van der Waals surface area contributed by atoms with Crippen LogP contribution in [0.4, 0.5) is 5.69 Å². The second-order valence-electron chi connectivity index (χ2n) is 4.61. The Bertz CT molecular complexity index is 433. The lowest BCUT2D eigenvalue weighted by Gasteiger charge is -2.25. The van der Waals surface area contributed by atoms with Crippen molar-refractivity contribution in [2.24, 2.45) is 0 Å². The summed E-state index contributed by atoms with van der Waals surface area (Å²) in [6.07, 6.45) is 0. The molecule has 1 aromatic rings. The minimum Gasteiger partial charge on any atom is -0.398 e. The molecule has 0 aliphatic carbocycles. The molecule has 0 fully saturated rings. The van der Waals surface area contributed by atoms with Crippen LogP contribution in [0.2, 0.25) is 0 Å². The molecule has 18 heavy (non-hydrogen) atoms. The highest BCUT2D eigenvalue weighted by atomic mass is 79.9. The third kappa shape index (κ3) is 4.31. The highest BCUT2D eigenvalue weighted by Crippen LogP contribution is 2.18. The van der Waals surface area contributed by atoms with E-state index in [1.807, 2.05) is 20.8 Å². The van der Waals surface area contributed by atoms with Gasteiger partial charge in [0.2, 0.25) is 0 Å². The van der Waals surface area contributed by atoms with E-state index in [-0.39, 0.29) is 11.5 Å². The molecule has 0 saturated heterocycles. The van der Waals surface area contributed by atoms with Crippen LogP contribution in [0.15, 0.2) is 22.7 Å². The zero-order chi connectivity index (χ0) is 13.8. The molecule has 0 aliphatic heterocycles. The minimum absolute atomic E-state index is 0.187. The number of amides is 1. The van der Waals surface area contributed by atoms with Gasteiger partial charge < -0.3 is 15.8 Å². The van der Waals surface area contributed by atoms with Gasteiger partial charge in [0.15, 0.2) is 0 Å². The lowest BCUT2D eigenvalue weighted by atomic mass is 10.1. The van der Waals surface area contributed by atoms with Gasteiger partial charge in [0.1, 0.15) is 0 Å². The Morgan fingerprint density at radius 3 is 2.72 bits per heavy atom. The van der Waals surface area contributed by atoms with Crippen molar-refractivity contribution < 1.29 is 9.53 Å². The summed E-state index contributed by atoms with van der Waals surface area (Å²) in [7, 11) is 0. The Balaban J connectivity index is 2.66. The Morgan fingerprint density at radius 1 is 1.50 bits per heavy atom. The molecule has 0 atom stereocenters. The van der Waals surface area contributed by atoms with Gasteiger partial charge in [-0.15, -0.1) is 0 Å². The number of hydrogen-bond acceptors (Lipinski definition) is 3. The van der Waals surface area contributed by atoms with Crippen molar-refractivity contribution in [2.45, 2.75) is 26.4 Å². The molecule has 1 aromatic carbocycles. The first-order chi connectivity index (χ1) is 8.35. The van der Waals surface area contributed by atoms with E-state index in [0.29, 0.717) is 24.4 Å². The zero-order valence-electron chi connectivity index (χ0n) is 10.9. The number of rotatable bonds is 5. The molecule has 1 amide bonds. The molecule has 1 rings (SSSR count). The van der Waals surface area contributed by atoms with E-state index >= 15 is 0 Å². The average Bonchev–Trinajstić information content (AvgIpc) is 2.26. The standard InChI is InChI=1S/C13H19BrN2O2/c1-4-18-13(2,3)8-16-12(17)10-6-5-9(14)7-11(10)15/h5-7H,4,8,15H2,1-3H3,(H,16,17). The Morgan fingerprint density at radius 2 is 2.17 bits per heavy atom. The smallest absolute Gasteiger partial charge is 0.253 e. The van der Waals surface area contributed by atoms with Crippen molar-refractivity contribution in [1.82, 2.24) is 5.32 Å². The van der Waals surface area contributed by atoms with Crippen molar-refractivity contribution in [3.8, 4) is 0 Å². The molecule has 0 saturated carbocycles. The molecule has 0 heterocycles. The highest BCUT2D eigenvalue weighted by molar-refractivity contribution is 9.10. The molecule has 0 aliphatic rings. The normalized spacial score (nSPS) is 11.3. The van der Waals surface area contributed by atoms with E-state index in [9.17, 15) is 4.79 Å². The number of ether oxygens (including phenoxy) is 1. The topological polar surface area (TPSA) is 64.3 Å². The van der Waals surface area contributed by atoms with Crippen LogP contribution in [0.25, 0.3) is 0 Å². The van der Waals surface area contributed by atoms with Crippen LogP contribution in [0.5, 0.6) is 0 Å². The predicted molar refractivity (Wildman–Crippen MR) is 76.6 cm³/mol. The van der Waals surface area contributed by atoms with Crippen LogP contribution in [0.3, 0.4) is 0 Å². The molecule has 0 unspecified atom stereocenters. The number of nitrogens with one attached hydrogen (secondary N) is 1. The van der Waals surface area contributed by atoms with E-state index < -0.39 is 0 Å². The van der Waals surface area contributed by atoms with Gasteiger partial charge in [-0.1, -0.05) is 15.9 Å². The first-order valence-electron chi connectivity index (χ1n) is 5.83. The molecule has 3 N–H and O–H groups in total. The fraction of sp³-hybridized carbons (Fsp3) is 0.462. The fourth-order valence-electron chi connectivity index (χ4n) is 1.57. The summed E-state index contributed by atoms with van der Waals surface area (Å²) in [6, 6.07) is 5.20. The summed E-state index contributed by atoms with van der Waals surface area (Å²) >= 11 is 3.30. The number of carbonyl (C=O) groups excluding carboxylic acids is 1. The maximum atomic E-state index is 12.0. The molecular formula is C13H19BrN2O2. The third-order valence-corrected chi connectivity index (χ3v) is 2.96. The molecular weight excluding hydrogens is 296 g/mol. The summed E-state index contributed by atoms with van der Waals surface area (Å²) in [4.78, 5) is 12.0. The first-order valence-corrected chi connectivity index (χ1v) is 6.62. The van der Waals surface area contributed by atoms with Crippen molar-refractivity contribution >= 4 is 27.5 Å². The van der Waals surface area contributed by atoms with Gasteiger partial charge in [-0.05, 0) is 39.0 Å². The van der Waals surface area contributed by atoms with E-state index in [0.717, 1.165) is 4.47 Å². The van der Waals surface area contributed by atoms with Gasteiger partial charge in [-0.25, -0.2) is 0 Å². The van der Waals surface area contributed by atoms with Crippen molar-refractivity contribution in [1.29, 1.82) is 0 Å². The highest BCUT2D eigenvalue weighted by Gasteiger charge is 2.19. The van der Waals surface area contributed by atoms with Crippen molar-refractivity contribution in [2.75, 3.05) is 18.9 Å². The quantitative estimate of drug-likeness (QED) is 0.821. The minimum atomic E-state index is -0.380. The number of anilines is 1. The lowest BCUT2D eigenvalue weighted by Crippen LogP contribution is -2.40. The molecule has 0 spiro atoms. The largest absolute Gasteiger partial charge is 0.398 e. The van der Waals surface area contributed by atoms with Gasteiger partial charge in [0, 0.05) is 23.3 Å². The maximum absolute atomic E-state index is 12.0. The van der Waals surface area contributed by atoms with E-state index in [1.54, 1.807) is 18.2 Å². The first kappa shape index (κ1) is 15.0. The SMILES string of the molecule is CCOC(C)(C)CNC(=O)c1ccc(Br)cc1N. The zero-order valence-corrected chi connectivity index (χ0v) is 12.5. The van der Waals surface area contributed by atoms with E-state index in [1.165, 1.54) is 0 Å². The monoisotopic (exact) mass is 314 g/mol. The van der Waals surface area contributed by atoms with Crippen LogP contribution >= 0.6 is 15.9 Å². The lowest BCUT2D eigenvalue weighted by molar-refractivity contribution is -0.00814. The molecule has 0 bridgehead atoms. The molecule has 0 aromatic heterocycles. The van der Waals surface area contributed by atoms with Crippen molar-refractivity contribution in [3.05, 3.63) is 28.2 Å². The van der Waals surface area contributed by atoms with Crippen LogP contribution in [-0.4, -0.2) is 24.7 Å². The number of carbonyl (C=O) groups is 1. The summed E-state index contributed by atoms with van der Waals surface area (Å²) in [5.74, 6) is -0.187. The van der Waals surface area contributed by atoms with Gasteiger partial charge in [0.05, 0.1) is 11.2 Å². The maximum Gasteiger partial charge on any atom is 0.253 e. The van der Waals surface area contributed by atoms with E-state index in [2.05, 4.69) is 21.2 Å².